The quantitative estimate of drug-likeness (QED) is 0.749. The van der Waals surface area contributed by atoms with Crippen LogP contribution in [0.2, 0.25) is 0 Å². The van der Waals surface area contributed by atoms with Gasteiger partial charge >= 0.3 is 0 Å². The normalized spacial score (nSPS) is 10.6. The summed E-state index contributed by atoms with van der Waals surface area (Å²) in [7, 11) is 0. The summed E-state index contributed by atoms with van der Waals surface area (Å²) in [6, 6.07) is 12.4. The van der Waals surface area contributed by atoms with Crippen LogP contribution in [0.25, 0.3) is 5.69 Å². The van der Waals surface area contributed by atoms with E-state index >= 15 is 0 Å². The SMILES string of the molecule is Cc1ncc(CNc2cccc(-n3cccc3)c2)[nH]1. The van der Waals surface area contributed by atoms with Crippen molar-refractivity contribution in [2.45, 2.75) is 13.5 Å². The highest BCUT2D eigenvalue weighted by Crippen LogP contribution is 2.15. The Morgan fingerprint density at radius 1 is 1.21 bits per heavy atom. The van der Waals surface area contributed by atoms with Crippen LogP contribution >= 0.6 is 0 Å². The Morgan fingerprint density at radius 2 is 2.05 bits per heavy atom. The number of anilines is 1. The van der Waals surface area contributed by atoms with Gasteiger partial charge < -0.3 is 14.9 Å². The molecule has 0 radical (unpaired) electrons. The molecule has 2 N–H and O–H groups in total. The lowest BCUT2D eigenvalue weighted by atomic mass is 10.2. The molecule has 0 aliphatic heterocycles. The van der Waals surface area contributed by atoms with Crippen molar-refractivity contribution in [3.63, 3.8) is 0 Å². The molecule has 0 spiro atoms. The average Bonchev–Trinajstić information content (AvgIpc) is 3.08. The molecule has 4 heteroatoms. The second-order valence-corrected chi connectivity index (χ2v) is 4.49. The minimum atomic E-state index is 0.746. The number of benzene rings is 1. The van der Waals surface area contributed by atoms with Crippen molar-refractivity contribution in [1.82, 2.24) is 14.5 Å². The van der Waals surface area contributed by atoms with E-state index in [9.17, 15) is 0 Å². The van der Waals surface area contributed by atoms with Gasteiger partial charge in [0.1, 0.15) is 5.82 Å². The summed E-state index contributed by atoms with van der Waals surface area (Å²) in [4.78, 5) is 7.40. The highest BCUT2D eigenvalue weighted by molar-refractivity contribution is 5.51. The maximum absolute atomic E-state index is 4.19. The van der Waals surface area contributed by atoms with Gasteiger partial charge in [0.2, 0.25) is 0 Å². The minimum Gasteiger partial charge on any atom is -0.379 e. The van der Waals surface area contributed by atoms with Gasteiger partial charge in [0.15, 0.2) is 0 Å². The van der Waals surface area contributed by atoms with Crippen LogP contribution in [0, 0.1) is 6.92 Å². The Kier molecular flexibility index (Phi) is 3.06. The van der Waals surface area contributed by atoms with E-state index in [0.717, 1.165) is 29.4 Å². The van der Waals surface area contributed by atoms with E-state index in [4.69, 9.17) is 0 Å². The molecular formula is C15H16N4. The van der Waals surface area contributed by atoms with E-state index in [1.807, 2.05) is 37.6 Å². The fourth-order valence-corrected chi connectivity index (χ4v) is 2.04. The van der Waals surface area contributed by atoms with Gasteiger partial charge in [-0.15, -0.1) is 0 Å². The first-order valence-electron chi connectivity index (χ1n) is 6.29. The zero-order valence-electron chi connectivity index (χ0n) is 10.8. The smallest absolute Gasteiger partial charge is 0.103 e. The van der Waals surface area contributed by atoms with Gasteiger partial charge in [-0.2, -0.15) is 0 Å². The molecule has 0 aliphatic rings. The van der Waals surface area contributed by atoms with E-state index in [0.29, 0.717) is 0 Å². The molecule has 0 bridgehead atoms. The topological polar surface area (TPSA) is 45.6 Å². The van der Waals surface area contributed by atoms with E-state index in [2.05, 4.69) is 44.1 Å². The van der Waals surface area contributed by atoms with E-state index < -0.39 is 0 Å². The van der Waals surface area contributed by atoms with Crippen LogP contribution in [0.5, 0.6) is 0 Å². The summed E-state index contributed by atoms with van der Waals surface area (Å²) in [5.74, 6) is 0.942. The molecule has 0 atom stereocenters. The molecule has 0 fully saturated rings. The Hall–Kier alpha value is -2.49. The number of nitrogens with one attached hydrogen (secondary N) is 2. The summed E-state index contributed by atoms with van der Waals surface area (Å²) in [6.45, 7) is 2.70. The first kappa shape index (κ1) is 11.6. The first-order valence-corrected chi connectivity index (χ1v) is 6.29. The summed E-state index contributed by atoms with van der Waals surface area (Å²) in [5, 5.41) is 3.39. The molecule has 4 nitrogen and oxygen atoms in total. The molecule has 0 unspecified atom stereocenters. The lowest BCUT2D eigenvalue weighted by Crippen LogP contribution is -2.00. The molecular weight excluding hydrogens is 236 g/mol. The Bertz CT molecular complexity index is 652. The molecule has 3 rings (SSSR count). The first-order chi connectivity index (χ1) is 9.31. The fraction of sp³-hybridized carbons (Fsp3) is 0.133. The van der Waals surface area contributed by atoms with Gasteiger partial charge in [-0.3, -0.25) is 0 Å². The van der Waals surface area contributed by atoms with Crippen LogP contribution in [0.3, 0.4) is 0 Å². The Labute approximate surface area is 112 Å². The Morgan fingerprint density at radius 3 is 2.79 bits per heavy atom. The molecule has 0 amide bonds. The van der Waals surface area contributed by atoms with Gasteiger partial charge in [-0.25, -0.2) is 4.98 Å². The molecule has 3 aromatic rings. The number of aromatic amines is 1. The Balaban J connectivity index is 1.73. The van der Waals surface area contributed by atoms with Crippen molar-refractivity contribution in [2.24, 2.45) is 0 Å². The molecule has 0 saturated carbocycles. The van der Waals surface area contributed by atoms with Gasteiger partial charge in [0, 0.05) is 23.8 Å². The predicted molar refractivity (Wildman–Crippen MR) is 76.4 cm³/mol. The largest absolute Gasteiger partial charge is 0.379 e. The summed E-state index contributed by atoms with van der Waals surface area (Å²) < 4.78 is 2.09. The number of hydrogen-bond acceptors (Lipinski definition) is 2. The van der Waals surface area contributed by atoms with E-state index in [1.54, 1.807) is 0 Å². The van der Waals surface area contributed by atoms with Gasteiger partial charge in [0.05, 0.1) is 18.4 Å². The third-order valence-electron chi connectivity index (χ3n) is 2.99. The zero-order valence-corrected chi connectivity index (χ0v) is 10.8. The second-order valence-electron chi connectivity index (χ2n) is 4.49. The molecule has 96 valence electrons. The van der Waals surface area contributed by atoms with Crippen LogP contribution in [-0.4, -0.2) is 14.5 Å². The maximum Gasteiger partial charge on any atom is 0.103 e. The number of imidazole rings is 1. The van der Waals surface area contributed by atoms with Crippen LogP contribution < -0.4 is 5.32 Å². The highest BCUT2D eigenvalue weighted by Gasteiger charge is 1.99. The number of hydrogen-bond donors (Lipinski definition) is 2. The number of H-pyrrole nitrogens is 1. The van der Waals surface area contributed by atoms with Gasteiger partial charge in [-0.1, -0.05) is 6.07 Å². The third-order valence-corrected chi connectivity index (χ3v) is 2.99. The maximum atomic E-state index is 4.19. The van der Waals surface area contributed by atoms with Crippen molar-refractivity contribution in [1.29, 1.82) is 0 Å². The number of aromatic nitrogens is 3. The number of rotatable bonds is 4. The molecule has 2 heterocycles. The summed E-state index contributed by atoms with van der Waals surface area (Å²) in [5.41, 5.74) is 3.33. The molecule has 0 saturated heterocycles. The van der Waals surface area contributed by atoms with E-state index in [-0.39, 0.29) is 0 Å². The van der Waals surface area contributed by atoms with Crippen molar-refractivity contribution in [3.8, 4) is 5.69 Å². The van der Waals surface area contributed by atoms with Crippen molar-refractivity contribution >= 4 is 5.69 Å². The van der Waals surface area contributed by atoms with Crippen LogP contribution in [0.4, 0.5) is 5.69 Å². The lowest BCUT2D eigenvalue weighted by Gasteiger charge is -2.08. The zero-order chi connectivity index (χ0) is 13.1. The van der Waals surface area contributed by atoms with Crippen molar-refractivity contribution in [3.05, 3.63) is 66.5 Å². The molecule has 2 aromatic heterocycles. The second kappa shape index (κ2) is 5.02. The average molecular weight is 252 g/mol. The van der Waals surface area contributed by atoms with Crippen LogP contribution in [-0.2, 0) is 6.54 Å². The molecule has 19 heavy (non-hydrogen) atoms. The van der Waals surface area contributed by atoms with Gasteiger partial charge in [-0.05, 0) is 37.3 Å². The predicted octanol–water partition coefficient (Wildman–Crippen LogP) is 3.12. The van der Waals surface area contributed by atoms with E-state index in [1.165, 1.54) is 0 Å². The molecule has 1 aromatic carbocycles. The monoisotopic (exact) mass is 252 g/mol. The van der Waals surface area contributed by atoms with Crippen LogP contribution in [0.1, 0.15) is 11.5 Å². The fourth-order valence-electron chi connectivity index (χ4n) is 2.04. The van der Waals surface area contributed by atoms with Crippen LogP contribution in [0.15, 0.2) is 55.0 Å². The van der Waals surface area contributed by atoms with Crippen molar-refractivity contribution < 1.29 is 0 Å². The standard InChI is InChI=1S/C15H16N4/c1-12-16-10-14(18-12)11-17-13-5-4-6-15(9-13)19-7-2-3-8-19/h2-10,17H,11H2,1H3,(H,16,18). The summed E-state index contributed by atoms with van der Waals surface area (Å²) >= 11 is 0. The highest BCUT2D eigenvalue weighted by atomic mass is 15.0. The number of aryl methyl sites for hydroxylation is 1. The molecule has 0 aliphatic carbocycles. The van der Waals surface area contributed by atoms with Crippen molar-refractivity contribution in [2.75, 3.05) is 5.32 Å². The summed E-state index contributed by atoms with van der Waals surface area (Å²) in [6.07, 6.45) is 5.94. The van der Waals surface area contributed by atoms with Gasteiger partial charge in [0.25, 0.3) is 0 Å². The minimum absolute atomic E-state index is 0.746. The lowest BCUT2D eigenvalue weighted by molar-refractivity contribution is 1.04. The number of nitrogens with zero attached hydrogens (tertiary/aromatic N) is 2. The third kappa shape index (κ3) is 2.68.